The molecule has 0 radical (unpaired) electrons. The minimum atomic E-state index is -0.477. The molecule has 1 aliphatic heterocycles. The number of phenols is 3. The molecule has 4 N–H and O–H groups in total. The minimum absolute atomic E-state index is 0. The number of piperazine rings is 1. The lowest BCUT2D eigenvalue weighted by molar-refractivity contribution is 0.200. The second kappa shape index (κ2) is 8.21. The topological polar surface area (TPSA) is 76.0 Å². The fourth-order valence-electron chi connectivity index (χ4n) is 2.26. The van der Waals surface area contributed by atoms with Crippen LogP contribution in [0.1, 0.15) is 11.6 Å². The molecular formula is C13H20Cl2N2O3. The van der Waals surface area contributed by atoms with Crippen LogP contribution in [0.5, 0.6) is 17.2 Å². The summed E-state index contributed by atoms with van der Waals surface area (Å²) in [6, 6.07) is 2.82. The molecular weight excluding hydrogens is 303 g/mol. The van der Waals surface area contributed by atoms with Crippen LogP contribution in [0.3, 0.4) is 0 Å². The third-order valence-electron chi connectivity index (χ3n) is 3.25. The number of hydrogen-bond acceptors (Lipinski definition) is 5. The van der Waals surface area contributed by atoms with Gasteiger partial charge in [-0.05, 0) is 12.1 Å². The number of aromatic hydroxyl groups is 3. The van der Waals surface area contributed by atoms with Crippen molar-refractivity contribution in [3.8, 4) is 17.2 Å². The predicted molar refractivity (Wildman–Crippen MR) is 83.3 cm³/mol. The first kappa shape index (κ1) is 18.9. The summed E-state index contributed by atoms with van der Waals surface area (Å²) in [5.74, 6) is -1.08. The lowest BCUT2D eigenvalue weighted by Crippen LogP contribution is -2.44. The zero-order chi connectivity index (χ0) is 13.1. The molecule has 20 heavy (non-hydrogen) atoms. The van der Waals surface area contributed by atoms with E-state index in [9.17, 15) is 15.3 Å². The van der Waals surface area contributed by atoms with E-state index >= 15 is 0 Å². The van der Waals surface area contributed by atoms with Crippen molar-refractivity contribution < 1.29 is 15.3 Å². The first-order chi connectivity index (χ1) is 8.65. The number of benzene rings is 1. The van der Waals surface area contributed by atoms with Crippen LogP contribution >= 0.6 is 24.8 Å². The van der Waals surface area contributed by atoms with Crippen LogP contribution in [0.25, 0.3) is 0 Å². The number of nitrogens with one attached hydrogen (secondary N) is 1. The second-order valence-electron chi connectivity index (χ2n) is 4.34. The standard InChI is InChI=1S/C13H18N2O3.2ClH/c1-2-10(15-7-5-14-6-8-15)9-3-4-11(16)13(18)12(9)17;;/h2-4,10,14,16-18H,1,5-8H2;2*1H/t10-;;/m1../s1. The molecule has 0 aromatic heterocycles. The van der Waals surface area contributed by atoms with Crippen LogP contribution in [0.4, 0.5) is 0 Å². The molecule has 0 saturated carbocycles. The molecule has 0 spiro atoms. The lowest BCUT2D eigenvalue weighted by atomic mass is 10.0. The largest absolute Gasteiger partial charge is 0.504 e. The van der Waals surface area contributed by atoms with Gasteiger partial charge >= 0.3 is 0 Å². The van der Waals surface area contributed by atoms with E-state index in [1.165, 1.54) is 6.07 Å². The van der Waals surface area contributed by atoms with Crippen molar-refractivity contribution in [2.45, 2.75) is 6.04 Å². The van der Waals surface area contributed by atoms with Crippen molar-refractivity contribution in [3.63, 3.8) is 0 Å². The van der Waals surface area contributed by atoms with Crippen LogP contribution in [-0.2, 0) is 0 Å². The predicted octanol–water partition coefficient (Wildman–Crippen LogP) is 1.78. The maximum Gasteiger partial charge on any atom is 0.200 e. The van der Waals surface area contributed by atoms with Crippen molar-refractivity contribution in [2.75, 3.05) is 26.2 Å². The van der Waals surface area contributed by atoms with Crippen molar-refractivity contribution in [3.05, 3.63) is 30.4 Å². The molecule has 0 amide bonds. The average Bonchev–Trinajstić information content (AvgIpc) is 2.41. The van der Waals surface area contributed by atoms with E-state index in [2.05, 4.69) is 16.8 Å². The van der Waals surface area contributed by atoms with Crippen LogP contribution < -0.4 is 5.32 Å². The minimum Gasteiger partial charge on any atom is -0.504 e. The summed E-state index contributed by atoms with van der Waals surface area (Å²) in [4.78, 5) is 2.16. The molecule has 1 aliphatic rings. The Morgan fingerprint density at radius 3 is 2.25 bits per heavy atom. The zero-order valence-electron chi connectivity index (χ0n) is 11.0. The quantitative estimate of drug-likeness (QED) is 0.504. The molecule has 1 heterocycles. The number of hydrogen-bond donors (Lipinski definition) is 4. The van der Waals surface area contributed by atoms with Crippen molar-refractivity contribution in [1.29, 1.82) is 0 Å². The van der Waals surface area contributed by atoms with E-state index in [1.807, 2.05) is 0 Å². The van der Waals surface area contributed by atoms with Crippen molar-refractivity contribution >= 4 is 24.8 Å². The maximum absolute atomic E-state index is 9.91. The van der Waals surface area contributed by atoms with Gasteiger partial charge < -0.3 is 20.6 Å². The monoisotopic (exact) mass is 322 g/mol. The van der Waals surface area contributed by atoms with Crippen LogP contribution in [0, 0.1) is 0 Å². The van der Waals surface area contributed by atoms with Crippen LogP contribution in [-0.4, -0.2) is 46.4 Å². The highest BCUT2D eigenvalue weighted by atomic mass is 35.5. The Balaban J connectivity index is 0.00000180. The first-order valence-corrected chi connectivity index (χ1v) is 5.96. The van der Waals surface area contributed by atoms with Gasteiger partial charge in [0.15, 0.2) is 11.5 Å². The molecule has 7 heteroatoms. The van der Waals surface area contributed by atoms with Gasteiger partial charge in [-0.25, -0.2) is 0 Å². The highest BCUT2D eigenvalue weighted by Gasteiger charge is 2.24. The fraction of sp³-hybridized carbons (Fsp3) is 0.385. The van der Waals surface area contributed by atoms with E-state index in [1.54, 1.807) is 12.1 Å². The van der Waals surface area contributed by atoms with E-state index < -0.39 is 5.75 Å². The van der Waals surface area contributed by atoms with Gasteiger partial charge in [0, 0.05) is 31.7 Å². The molecule has 1 fully saturated rings. The highest BCUT2D eigenvalue weighted by Crippen LogP contribution is 2.41. The summed E-state index contributed by atoms with van der Waals surface area (Å²) < 4.78 is 0. The third-order valence-corrected chi connectivity index (χ3v) is 3.25. The fourth-order valence-corrected chi connectivity index (χ4v) is 2.26. The number of nitrogens with zero attached hydrogens (tertiary/aromatic N) is 1. The van der Waals surface area contributed by atoms with Crippen LogP contribution in [0.15, 0.2) is 24.8 Å². The Morgan fingerprint density at radius 1 is 1.10 bits per heavy atom. The third kappa shape index (κ3) is 3.70. The normalized spacial score (nSPS) is 16.6. The molecule has 114 valence electrons. The van der Waals surface area contributed by atoms with Gasteiger partial charge in [-0.1, -0.05) is 6.08 Å². The van der Waals surface area contributed by atoms with E-state index in [4.69, 9.17) is 0 Å². The molecule has 0 unspecified atom stereocenters. The number of phenolic OH excluding ortho intramolecular Hbond substituents is 3. The van der Waals surface area contributed by atoms with Gasteiger partial charge in [-0.3, -0.25) is 4.90 Å². The van der Waals surface area contributed by atoms with Gasteiger partial charge in [-0.2, -0.15) is 0 Å². The summed E-state index contributed by atoms with van der Waals surface area (Å²) in [7, 11) is 0. The molecule has 0 bridgehead atoms. The summed E-state index contributed by atoms with van der Waals surface area (Å²) >= 11 is 0. The SMILES string of the molecule is C=C[C@H](c1ccc(O)c(O)c1O)N1CCNCC1.Cl.Cl. The average molecular weight is 323 g/mol. The van der Waals surface area contributed by atoms with Gasteiger partial charge in [0.05, 0.1) is 6.04 Å². The van der Waals surface area contributed by atoms with Gasteiger partial charge in [-0.15, -0.1) is 31.4 Å². The molecule has 0 aliphatic carbocycles. The van der Waals surface area contributed by atoms with Gasteiger partial charge in [0.1, 0.15) is 0 Å². The second-order valence-corrected chi connectivity index (χ2v) is 4.34. The van der Waals surface area contributed by atoms with E-state index in [-0.39, 0.29) is 42.4 Å². The Hall–Kier alpha value is -1.14. The Labute approximate surface area is 130 Å². The van der Waals surface area contributed by atoms with Gasteiger partial charge in [0.25, 0.3) is 0 Å². The van der Waals surface area contributed by atoms with Crippen molar-refractivity contribution in [1.82, 2.24) is 10.2 Å². The number of rotatable bonds is 3. The van der Waals surface area contributed by atoms with Crippen LogP contribution in [0.2, 0.25) is 0 Å². The summed E-state index contributed by atoms with van der Waals surface area (Å²) in [6.45, 7) is 7.25. The summed E-state index contributed by atoms with van der Waals surface area (Å²) in [5, 5.41) is 32.1. The lowest BCUT2D eigenvalue weighted by Gasteiger charge is -2.33. The highest BCUT2D eigenvalue weighted by molar-refractivity contribution is 5.85. The molecule has 1 aromatic rings. The number of halogens is 2. The Morgan fingerprint density at radius 2 is 1.70 bits per heavy atom. The Bertz CT molecular complexity index is 451. The van der Waals surface area contributed by atoms with Crippen molar-refractivity contribution in [2.24, 2.45) is 0 Å². The Kier molecular flexibility index (Phi) is 7.75. The molecule has 1 atom stereocenters. The maximum atomic E-state index is 9.91. The summed E-state index contributed by atoms with van der Waals surface area (Å²) in [6.07, 6.45) is 1.73. The van der Waals surface area contributed by atoms with Gasteiger partial charge in [0.2, 0.25) is 5.75 Å². The molecule has 2 rings (SSSR count). The molecule has 1 saturated heterocycles. The summed E-state index contributed by atoms with van der Waals surface area (Å²) in [5.41, 5.74) is 0.558. The van der Waals surface area contributed by atoms with E-state index in [0.717, 1.165) is 26.2 Å². The smallest absolute Gasteiger partial charge is 0.200 e. The van der Waals surface area contributed by atoms with E-state index in [0.29, 0.717) is 5.56 Å². The zero-order valence-corrected chi connectivity index (χ0v) is 12.6. The molecule has 5 nitrogen and oxygen atoms in total. The molecule has 1 aromatic carbocycles. The first-order valence-electron chi connectivity index (χ1n) is 5.96.